The molecule has 0 aliphatic rings. The van der Waals surface area contributed by atoms with Gasteiger partial charge in [-0.25, -0.2) is 0 Å². The summed E-state index contributed by atoms with van der Waals surface area (Å²) in [5.74, 6) is 0.0630. The van der Waals surface area contributed by atoms with E-state index in [2.05, 4.69) is 21.0 Å². The quantitative estimate of drug-likeness (QED) is 0.727. The Morgan fingerprint density at radius 3 is 2.21 bits per heavy atom. The maximum Gasteiger partial charge on any atom is 0.189 e. The third kappa shape index (κ3) is 1.90. The first-order valence-corrected chi connectivity index (χ1v) is 5.28. The van der Waals surface area contributed by atoms with Crippen molar-refractivity contribution in [1.29, 1.82) is 0 Å². The number of carbonyl (C=O) groups is 1. The number of aromatic nitrogens is 2. The zero-order valence-electron chi connectivity index (χ0n) is 9.18. The highest BCUT2D eigenvalue weighted by Crippen LogP contribution is 2.27. The Bertz CT molecular complexity index is 374. The topological polar surface area (TPSA) is 34.9 Å². The van der Waals surface area contributed by atoms with Gasteiger partial charge < -0.3 is 0 Å². The van der Waals surface area contributed by atoms with E-state index in [0.717, 1.165) is 10.2 Å². The zero-order valence-corrected chi connectivity index (χ0v) is 10.8. The van der Waals surface area contributed by atoms with Gasteiger partial charge in [-0.3, -0.25) is 9.48 Å². The van der Waals surface area contributed by atoms with E-state index < -0.39 is 0 Å². The van der Waals surface area contributed by atoms with Crippen LogP contribution in [0.1, 0.15) is 37.0 Å². The maximum absolute atomic E-state index is 11.9. The number of ketones is 1. The normalized spacial score (nSPS) is 11.9. The Hall–Kier alpha value is -0.640. The van der Waals surface area contributed by atoms with Gasteiger partial charge in [0, 0.05) is 18.2 Å². The van der Waals surface area contributed by atoms with Crippen LogP contribution in [0.15, 0.2) is 4.47 Å². The molecule has 1 aromatic rings. The molecule has 0 bridgehead atoms. The predicted molar refractivity (Wildman–Crippen MR) is 59.4 cm³/mol. The number of hydrogen-bond donors (Lipinski definition) is 0. The average molecular weight is 259 g/mol. The molecule has 0 radical (unpaired) electrons. The van der Waals surface area contributed by atoms with E-state index >= 15 is 0 Å². The van der Waals surface area contributed by atoms with Crippen LogP contribution in [0, 0.1) is 12.3 Å². The molecule has 0 aliphatic carbocycles. The van der Waals surface area contributed by atoms with Crippen LogP contribution in [0.5, 0.6) is 0 Å². The molecule has 4 heteroatoms. The summed E-state index contributed by atoms with van der Waals surface area (Å²) in [6.45, 7) is 7.61. The summed E-state index contributed by atoms with van der Waals surface area (Å²) in [5, 5.41) is 4.20. The molecule has 0 aliphatic heterocycles. The van der Waals surface area contributed by atoms with E-state index in [0.29, 0.717) is 5.69 Å². The molecule has 78 valence electrons. The third-order valence-electron chi connectivity index (χ3n) is 2.16. The van der Waals surface area contributed by atoms with Gasteiger partial charge in [0.25, 0.3) is 0 Å². The molecule has 1 rings (SSSR count). The minimum absolute atomic E-state index is 0.0630. The molecular weight excluding hydrogens is 244 g/mol. The van der Waals surface area contributed by atoms with Crippen molar-refractivity contribution in [2.75, 3.05) is 0 Å². The van der Waals surface area contributed by atoms with Gasteiger partial charge in [-0.1, -0.05) is 20.8 Å². The van der Waals surface area contributed by atoms with Gasteiger partial charge in [0.2, 0.25) is 0 Å². The fourth-order valence-corrected chi connectivity index (χ4v) is 1.60. The third-order valence-corrected chi connectivity index (χ3v) is 3.11. The molecule has 1 aromatic heterocycles. The average Bonchev–Trinajstić information content (AvgIpc) is 2.30. The Morgan fingerprint density at radius 2 is 1.93 bits per heavy atom. The fourth-order valence-electron chi connectivity index (χ4n) is 1.08. The second kappa shape index (κ2) is 3.50. The van der Waals surface area contributed by atoms with Gasteiger partial charge >= 0.3 is 0 Å². The molecule has 3 nitrogen and oxygen atoms in total. The summed E-state index contributed by atoms with van der Waals surface area (Å²) >= 11 is 3.39. The molecule has 0 spiro atoms. The second-order valence-electron chi connectivity index (χ2n) is 4.45. The Morgan fingerprint density at radius 1 is 1.43 bits per heavy atom. The first kappa shape index (κ1) is 11.4. The van der Waals surface area contributed by atoms with Crippen LogP contribution in [0.3, 0.4) is 0 Å². The van der Waals surface area contributed by atoms with Crippen molar-refractivity contribution in [3.8, 4) is 0 Å². The number of carbonyl (C=O) groups excluding carboxylic acids is 1. The van der Waals surface area contributed by atoms with Crippen LogP contribution in [0.25, 0.3) is 0 Å². The van der Waals surface area contributed by atoms with E-state index in [4.69, 9.17) is 0 Å². The van der Waals surface area contributed by atoms with Crippen LogP contribution in [-0.4, -0.2) is 15.6 Å². The molecule has 0 amide bonds. The molecule has 0 unspecified atom stereocenters. The van der Waals surface area contributed by atoms with E-state index in [9.17, 15) is 4.79 Å². The fraction of sp³-hybridized carbons (Fsp3) is 0.600. The smallest absolute Gasteiger partial charge is 0.189 e. The highest BCUT2D eigenvalue weighted by Gasteiger charge is 2.28. The molecule has 0 N–H and O–H groups in total. The number of halogens is 1. The van der Waals surface area contributed by atoms with E-state index in [1.165, 1.54) is 0 Å². The van der Waals surface area contributed by atoms with Crippen molar-refractivity contribution in [2.45, 2.75) is 27.7 Å². The van der Waals surface area contributed by atoms with Gasteiger partial charge in [0.05, 0.1) is 4.47 Å². The summed E-state index contributed by atoms with van der Waals surface area (Å²) < 4.78 is 2.52. The maximum atomic E-state index is 11.9. The van der Waals surface area contributed by atoms with Crippen molar-refractivity contribution in [1.82, 2.24) is 9.78 Å². The lowest BCUT2D eigenvalue weighted by atomic mass is 9.89. The lowest BCUT2D eigenvalue weighted by molar-refractivity contribution is 0.0851. The largest absolute Gasteiger partial charge is 0.292 e. The van der Waals surface area contributed by atoms with Crippen LogP contribution >= 0.6 is 15.9 Å². The first-order valence-electron chi connectivity index (χ1n) is 4.49. The lowest BCUT2D eigenvalue weighted by Gasteiger charge is -2.14. The van der Waals surface area contributed by atoms with Crippen LogP contribution in [0.4, 0.5) is 0 Å². The molecule has 0 saturated carbocycles. The standard InChI is InChI=1S/C10H15BrN2O/c1-6-7(11)8(12-13(6)5)9(14)10(2,3)4/h1-5H3. The summed E-state index contributed by atoms with van der Waals surface area (Å²) in [6, 6.07) is 0. The van der Waals surface area contributed by atoms with Crippen molar-refractivity contribution < 1.29 is 4.79 Å². The Labute approximate surface area is 92.6 Å². The van der Waals surface area contributed by atoms with Crippen LogP contribution in [-0.2, 0) is 7.05 Å². The minimum atomic E-state index is -0.386. The van der Waals surface area contributed by atoms with Gasteiger partial charge in [-0.05, 0) is 22.9 Å². The molecule has 14 heavy (non-hydrogen) atoms. The van der Waals surface area contributed by atoms with Crippen LogP contribution < -0.4 is 0 Å². The predicted octanol–water partition coefficient (Wildman–Crippen LogP) is 2.72. The molecule has 1 heterocycles. The minimum Gasteiger partial charge on any atom is -0.292 e. The van der Waals surface area contributed by atoms with Crippen molar-refractivity contribution in [2.24, 2.45) is 12.5 Å². The Kier molecular flexibility index (Phi) is 2.86. The number of nitrogens with zero attached hydrogens (tertiary/aromatic N) is 2. The number of aryl methyl sites for hydroxylation is 1. The Balaban J connectivity index is 3.22. The number of Topliss-reactive ketones (excluding diaryl/α,β-unsaturated/α-hetero) is 1. The van der Waals surface area contributed by atoms with Crippen molar-refractivity contribution in [3.63, 3.8) is 0 Å². The first-order chi connectivity index (χ1) is 6.25. The SMILES string of the molecule is Cc1c(Br)c(C(=O)C(C)(C)C)nn1C. The van der Waals surface area contributed by atoms with Gasteiger partial charge in [-0.2, -0.15) is 5.10 Å². The zero-order chi connectivity index (χ0) is 11.1. The van der Waals surface area contributed by atoms with E-state index in [-0.39, 0.29) is 11.2 Å². The molecule has 0 saturated heterocycles. The van der Waals surface area contributed by atoms with Crippen LogP contribution in [0.2, 0.25) is 0 Å². The van der Waals surface area contributed by atoms with Crippen molar-refractivity contribution in [3.05, 3.63) is 15.9 Å². The van der Waals surface area contributed by atoms with E-state index in [1.807, 2.05) is 34.7 Å². The second-order valence-corrected chi connectivity index (χ2v) is 5.24. The van der Waals surface area contributed by atoms with Gasteiger partial charge in [0.15, 0.2) is 5.78 Å². The highest BCUT2D eigenvalue weighted by atomic mass is 79.9. The highest BCUT2D eigenvalue weighted by molar-refractivity contribution is 9.10. The van der Waals surface area contributed by atoms with Gasteiger partial charge in [-0.15, -0.1) is 0 Å². The number of hydrogen-bond acceptors (Lipinski definition) is 2. The monoisotopic (exact) mass is 258 g/mol. The molecule has 0 atom stereocenters. The van der Waals surface area contributed by atoms with Gasteiger partial charge in [0.1, 0.15) is 5.69 Å². The summed E-state index contributed by atoms with van der Waals surface area (Å²) in [4.78, 5) is 11.9. The number of rotatable bonds is 1. The molecular formula is C10H15BrN2O. The molecule has 0 fully saturated rings. The summed E-state index contributed by atoms with van der Waals surface area (Å²) in [6.07, 6.45) is 0. The lowest BCUT2D eigenvalue weighted by Crippen LogP contribution is -2.21. The summed E-state index contributed by atoms with van der Waals surface area (Å²) in [5.41, 5.74) is 1.11. The summed E-state index contributed by atoms with van der Waals surface area (Å²) in [7, 11) is 1.83. The van der Waals surface area contributed by atoms with Crippen molar-refractivity contribution >= 4 is 21.7 Å². The molecule has 0 aromatic carbocycles. The van der Waals surface area contributed by atoms with E-state index in [1.54, 1.807) is 4.68 Å².